The Kier molecular flexibility index (Phi) is 2.29. The number of nitrogens with two attached hydrogens (primary N) is 1. The standard InChI is InChI=1S/C8H8N4S/c9-3-6-4-10-2-1-7(6)8-5-11-13-12-8/h1-2,4-5H,3,9H2. The van der Waals surface area contributed by atoms with Gasteiger partial charge in [0.25, 0.3) is 0 Å². The first-order chi connectivity index (χ1) is 6.42. The van der Waals surface area contributed by atoms with E-state index in [0.717, 1.165) is 16.8 Å². The van der Waals surface area contributed by atoms with Crippen molar-refractivity contribution in [3.05, 3.63) is 30.2 Å². The van der Waals surface area contributed by atoms with Crippen LogP contribution in [-0.4, -0.2) is 13.7 Å². The lowest BCUT2D eigenvalue weighted by Crippen LogP contribution is -1.99. The first-order valence-electron chi connectivity index (χ1n) is 3.82. The lowest BCUT2D eigenvalue weighted by atomic mass is 10.1. The molecular weight excluding hydrogens is 184 g/mol. The van der Waals surface area contributed by atoms with E-state index in [1.54, 1.807) is 18.6 Å². The van der Waals surface area contributed by atoms with Crippen molar-refractivity contribution in [1.82, 2.24) is 13.7 Å². The molecule has 4 nitrogen and oxygen atoms in total. The second-order valence-corrected chi connectivity index (χ2v) is 3.09. The van der Waals surface area contributed by atoms with Gasteiger partial charge >= 0.3 is 0 Å². The molecular formula is C8H8N4S. The van der Waals surface area contributed by atoms with Gasteiger partial charge < -0.3 is 5.73 Å². The number of rotatable bonds is 2. The third-order valence-corrected chi connectivity index (χ3v) is 2.24. The van der Waals surface area contributed by atoms with Crippen LogP contribution in [0, 0.1) is 0 Å². The summed E-state index contributed by atoms with van der Waals surface area (Å²) in [5.41, 5.74) is 8.46. The summed E-state index contributed by atoms with van der Waals surface area (Å²) in [6.45, 7) is 0.473. The number of aromatic nitrogens is 3. The van der Waals surface area contributed by atoms with Gasteiger partial charge in [0.2, 0.25) is 0 Å². The van der Waals surface area contributed by atoms with Gasteiger partial charge in [-0.2, -0.15) is 8.75 Å². The van der Waals surface area contributed by atoms with Crippen molar-refractivity contribution in [1.29, 1.82) is 0 Å². The smallest absolute Gasteiger partial charge is 0.105 e. The minimum absolute atomic E-state index is 0.473. The molecule has 0 atom stereocenters. The topological polar surface area (TPSA) is 64.7 Å². The number of nitrogens with zero attached hydrogens (tertiary/aromatic N) is 3. The van der Waals surface area contributed by atoms with Crippen molar-refractivity contribution in [2.75, 3.05) is 0 Å². The molecule has 0 aliphatic heterocycles. The number of pyridine rings is 1. The lowest BCUT2D eigenvalue weighted by Gasteiger charge is -2.01. The fraction of sp³-hybridized carbons (Fsp3) is 0.125. The van der Waals surface area contributed by atoms with Gasteiger partial charge in [0, 0.05) is 24.5 Å². The van der Waals surface area contributed by atoms with Crippen LogP contribution in [0.25, 0.3) is 11.3 Å². The van der Waals surface area contributed by atoms with Crippen molar-refractivity contribution < 1.29 is 0 Å². The SMILES string of the molecule is NCc1cnccc1-c1cnsn1. The maximum absolute atomic E-state index is 5.57. The van der Waals surface area contributed by atoms with Crippen LogP contribution in [0.2, 0.25) is 0 Å². The van der Waals surface area contributed by atoms with E-state index in [-0.39, 0.29) is 0 Å². The third kappa shape index (κ3) is 1.56. The Balaban J connectivity index is 2.51. The second kappa shape index (κ2) is 3.59. The van der Waals surface area contributed by atoms with E-state index < -0.39 is 0 Å². The zero-order valence-corrected chi connectivity index (χ0v) is 7.66. The quantitative estimate of drug-likeness (QED) is 0.772. The highest BCUT2D eigenvalue weighted by Gasteiger charge is 2.05. The second-order valence-electron chi connectivity index (χ2n) is 2.53. The zero-order chi connectivity index (χ0) is 9.10. The Morgan fingerprint density at radius 3 is 3.00 bits per heavy atom. The molecule has 5 heteroatoms. The molecule has 0 saturated heterocycles. The molecule has 0 bridgehead atoms. The Morgan fingerprint density at radius 1 is 1.38 bits per heavy atom. The molecule has 0 fully saturated rings. The predicted molar refractivity (Wildman–Crippen MR) is 51.0 cm³/mol. The monoisotopic (exact) mass is 192 g/mol. The molecule has 0 aliphatic carbocycles. The summed E-state index contributed by atoms with van der Waals surface area (Å²) in [5, 5.41) is 0. The van der Waals surface area contributed by atoms with Gasteiger partial charge in [-0.15, -0.1) is 0 Å². The highest BCUT2D eigenvalue weighted by Crippen LogP contribution is 2.20. The molecule has 2 rings (SSSR count). The number of hydrogen-bond acceptors (Lipinski definition) is 5. The Hall–Kier alpha value is -1.33. The van der Waals surface area contributed by atoms with Gasteiger partial charge in [-0.1, -0.05) is 0 Å². The van der Waals surface area contributed by atoms with Crippen LogP contribution in [0.3, 0.4) is 0 Å². The summed E-state index contributed by atoms with van der Waals surface area (Å²) in [5.74, 6) is 0. The molecule has 2 aromatic heterocycles. The molecule has 13 heavy (non-hydrogen) atoms. The van der Waals surface area contributed by atoms with E-state index in [4.69, 9.17) is 5.73 Å². The van der Waals surface area contributed by atoms with Crippen LogP contribution < -0.4 is 5.73 Å². The van der Waals surface area contributed by atoms with Crippen molar-refractivity contribution in [3.63, 3.8) is 0 Å². The summed E-state index contributed by atoms with van der Waals surface area (Å²) in [6, 6.07) is 1.90. The van der Waals surface area contributed by atoms with Gasteiger partial charge in [0.1, 0.15) is 5.69 Å². The van der Waals surface area contributed by atoms with Crippen molar-refractivity contribution >= 4 is 11.7 Å². The maximum atomic E-state index is 5.57. The van der Waals surface area contributed by atoms with E-state index >= 15 is 0 Å². The van der Waals surface area contributed by atoms with Crippen LogP contribution >= 0.6 is 11.7 Å². The molecule has 2 N–H and O–H groups in total. The zero-order valence-electron chi connectivity index (χ0n) is 6.84. The van der Waals surface area contributed by atoms with Gasteiger partial charge in [-0.05, 0) is 11.6 Å². The van der Waals surface area contributed by atoms with Crippen molar-refractivity contribution in [2.24, 2.45) is 5.73 Å². The van der Waals surface area contributed by atoms with E-state index in [1.165, 1.54) is 11.7 Å². The van der Waals surface area contributed by atoms with Gasteiger partial charge in [0.05, 0.1) is 17.9 Å². The first-order valence-corrected chi connectivity index (χ1v) is 4.55. The highest BCUT2D eigenvalue weighted by atomic mass is 32.1. The largest absolute Gasteiger partial charge is 0.326 e. The van der Waals surface area contributed by atoms with Gasteiger partial charge in [0.15, 0.2) is 0 Å². The molecule has 66 valence electrons. The van der Waals surface area contributed by atoms with Crippen LogP contribution in [0.4, 0.5) is 0 Å². The first kappa shape index (κ1) is 8.28. The molecule has 0 aliphatic rings. The third-order valence-electron chi connectivity index (χ3n) is 1.76. The molecule has 0 spiro atoms. The number of hydrogen-bond donors (Lipinski definition) is 1. The molecule has 2 heterocycles. The fourth-order valence-corrected chi connectivity index (χ4v) is 1.55. The van der Waals surface area contributed by atoms with E-state index in [9.17, 15) is 0 Å². The van der Waals surface area contributed by atoms with Crippen LogP contribution in [-0.2, 0) is 6.54 Å². The summed E-state index contributed by atoms with van der Waals surface area (Å²) < 4.78 is 8.09. The fourth-order valence-electron chi connectivity index (χ4n) is 1.12. The van der Waals surface area contributed by atoms with Crippen LogP contribution in [0.15, 0.2) is 24.7 Å². The summed E-state index contributed by atoms with van der Waals surface area (Å²) >= 11 is 1.19. The average molecular weight is 192 g/mol. The van der Waals surface area contributed by atoms with Crippen molar-refractivity contribution in [2.45, 2.75) is 6.54 Å². The van der Waals surface area contributed by atoms with Crippen LogP contribution in [0.5, 0.6) is 0 Å². The van der Waals surface area contributed by atoms with Crippen LogP contribution in [0.1, 0.15) is 5.56 Å². The summed E-state index contributed by atoms with van der Waals surface area (Å²) in [4.78, 5) is 4.00. The van der Waals surface area contributed by atoms with E-state index in [1.807, 2.05) is 6.07 Å². The molecule has 0 radical (unpaired) electrons. The summed E-state index contributed by atoms with van der Waals surface area (Å²) in [7, 11) is 0. The normalized spacial score (nSPS) is 10.2. The molecule has 0 amide bonds. The summed E-state index contributed by atoms with van der Waals surface area (Å²) in [6.07, 6.45) is 5.22. The Morgan fingerprint density at radius 2 is 2.31 bits per heavy atom. The van der Waals surface area contributed by atoms with E-state index in [2.05, 4.69) is 13.7 Å². The highest BCUT2D eigenvalue weighted by molar-refractivity contribution is 6.99. The molecule has 0 unspecified atom stereocenters. The Labute approximate surface area is 79.8 Å². The molecule has 2 aromatic rings. The molecule has 0 aromatic carbocycles. The molecule has 0 saturated carbocycles. The minimum atomic E-state index is 0.473. The van der Waals surface area contributed by atoms with Crippen molar-refractivity contribution in [3.8, 4) is 11.3 Å². The van der Waals surface area contributed by atoms with E-state index in [0.29, 0.717) is 6.54 Å². The maximum Gasteiger partial charge on any atom is 0.105 e. The Bertz CT molecular complexity index is 385. The lowest BCUT2D eigenvalue weighted by molar-refractivity contribution is 1.05. The minimum Gasteiger partial charge on any atom is -0.326 e. The van der Waals surface area contributed by atoms with Gasteiger partial charge in [-0.25, -0.2) is 0 Å². The predicted octanol–water partition coefficient (Wildman–Crippen LogP) is 1.06. The van der Waals surface area contributed by atoms with Gasteiger partial charge in [-0.3, -0.25) is 4.98 Å². The average Bonchev–Trinajstić information content (AvgIpc) is 2.70.